The Bertz CT molecular complexity index is 1480. The summed E-state index contributed by atoms with van der Waals surface area (Å²) in [4.78, 5) is 17.1. The van der Waals surface area contributed by atoms with Gasteiger partial charge in [-0.3, -0.25) is 4.31 Å². The third kappa shape index (κ3) is 4.35. The number of fused-ring (bicyclic) bond motifs is 1. The summed E-state index contributed by atoms with van der Waals surface area (Å²) in [5.41, 5.74) is 2.33. The van der Waals surface area contributed by atoms with Gasteiger partial charge in [0, 0.05) is 12.1 Å². The Balaban J connectivity index is 1.36. The Kier molecular flexibility index (Phi) is 5.96. The number of methoxy groups -OCH3 is 1. The molecule has 2 heterocycles. The van der Waals surface area contributed by atoms with Crippen LogP contribution in [0.25, 0.3) is 11.4 Å². The van der Waals surface area contributed by atoms with Gasteiger partial charge in [-0.1, -0.05) is 53.7 Å². The van der Waals surface area contributed by atoms with E-state index in [-0.39, 0.29) is 28.7 Å². The van der Waals surface area contributed by atoms with Crippen molar-refractivity contribution in [3.05, 3.63) is 89.8 Å². The molecular weight excluding hydrogens is 470 g/mol. The number of carbonyl (C=O) groups excluding carboxylic acids is 1. The molecule has 0 aliphatic carbocycles. The summed E-state index contributed by atoms with van der Waals surface area (Å²) in [7, 11) is -2.51. The molecule has 0 saturated heterocycles. The minimum absolute atomic E-state index is 0.0242. The van der Waals surface area contributed by atoms with Crippen LogP contribution in [0.2, 0.25) is 0 Å². The van der Waals surface area contributed by atoms with E-state index in [1.54, 1.807) is 12.1 Å². The summed E-state index contributed by atoms with van der Waals surface area (Å²) in [6.45, 7) is 0.0483. The molecule has 0 N–H and O–H groups in total. The fraction of sp³-hybridized carbons (Fsp3) is 0.160. The first-order valence-corrected chi connectivity index (χ1v) is 12.2. The molecule has 0 radical (unpaired) electrons. The minimum atomic E-state index is -3.90. The molecule has 0 spiro atoms. The summed E-state index contributed by atoms with van der Waals surface area (Å²) >= 11 is 0. The summed E-state index contributed by atoms with van der Waals surface area (Å²) in [6, 6.07) is 20.7. The van der Waals surface area contributed by atoms with Crippen molar-refractivity contribution in [3.63, 3.8) is 0 Å². The monoisotopic (exact) mass is 491 g/mol. The van der Waals surface area contributed by atoms with E-state index in [4.69, 9.17) is 14.0 Å². The lowest BCUT2D eigenvalue weighted by atomic mass is 10.2. The Hall–Kier alpha value is -4.18. The van der Waals surface area contributed by atoms with Gasteiger partial charge in [0.1, 0.15) is 11.3 Å². The fourth-order valence-electron chi connectivity index (χ4n) is 3.91. The molecule has 1 aliphatic rings. The Labute approximate surface area is 202 Å². The number of esters is 1. The van der Waals surface area contributed by atoms with E-state index in [2.05, 4.69) is 10.1 Å². The van der Waals surface area contributed by atoms with Crippen LogP contribution in [0.4, 0.5) is 5.69 Å². The molecule has 0 atom stereocenters. The first-order chi connectivity index (χ1) is 17.0. The number of aromatic nitrogens is 2. The van der Waals surface area contributed by atoms with Gasteiger partial charge in [-0.25, -0.2) is 13.2 Å². The van der Waals surface area contributed by atoms with Gasteiger partial charge in [0.15, 0.2) is 6.61 Å². The second-order valence-corrected chi connectivity index (χ2v) is 9.63. The van der Waals surface area contributed by atoms with E-state index < -0.39 is 16.0 Å². The Morgan fingerprint density at radius 3 is 2.63 bits per heavy atom. The maximum absolute atomic E-state index is 13.4. The lowest BCUT2D eigenvalue weighted by Crippen LogP contribution is -2.29. The lowest BCUT2D eigenvalue weighted by Gasteiger charge is -2.20. The second kappa shape index (κ2) is 9.22. The van der Waals surface area contributed by atoms with Gasteiger partial charge in [-0.15, -0.1) is 0 Å². The topological polar surface area (TPSA) is 112 Å². The molecule has 9 nitrogen and oxygen atoms in total. The van der Waals surface area contributed by atoms with Crippen LogP contribution >= 0.6 is 0 Å². The smallest absolute Gasteiger partial charge is 0.342 e. The zero-order valence-corrected chi connectivity index (χ0v) is 19.6. The molecule has 0 saturated carbocycles. The van der Waals surface area contributed by atoms with Crippen molar-refractivity contribution in [2.75, 3.05) is 18.0 Å². The molecule has 35 heavy (non-hydrogen) atoms. The number of hydrogen-bond donors (Lipinski definition) is 0. The average molecular weight is 492 g/mol. The van der Waals surface area contributed by atoms with Crippen molar-refractivity contribution < 1.29 is 27.2 Å². The van der Waals surface area contributed by atoms with Gasteiger partial charge in [0.2, 0.25) is 5.82 Å². The van der Waals surface area contributed by atoms with Crippen LogP contribution in [-0.2, 0) is 27.8 Å². The predicted octanol–water partition coefficient (Wildman–Crippen LogP) is 3.85. The number of ether oxygens (including phenoxy) is 2. The highest BCUT2D eigenvalue weighted by Gasteiger charge is 2.32. The van der Waals surface area contributed by atoms with Crippen LogP contribution < -0.4 is 9.04 Å². The summed E-state index contributed by atoms with van der Waals surface area (Å²) in [6.07, 6.45) is 0.621. The molecule has 10 heteroatoms. The SMILES string of the molecule is COc1ccc(S(=O)(=O)N2CCc3ccccc32)cc1C(=O)OCc1nc(-c2ccccc2)no1. The maximum Gasteiger partial charge on any atom is 0.342 e. The normalized spacial score (nSPS) is 12.9. The number of rotatable bonds is 7. The minimum Gasteiger partial charge on any atom is -0.496 e. The zero-order valence-electron chi connectivity index (χ0n) is 18.7. The molecule has 0 fully saturated rings. The van der Waals surface area contributed by atoms with Gasteiger partial charge in [0.05, 0.1) is 17.7 Å². The van der Waals surface area contributed by atoms with Gasteiger partial charge < -0.3 is 14.0 Å². The Morgan fingerprint density at radius 1 is 1.06 bits per heavy atom. The lowest BCUT2D eigenvalue weighted by molar-refractivity contribution is 0.0426. The van der Waals surface area contributed by atoms with Crippen LogP contribution in [0, 0.1) is 0 Å². The van der Waals surface area contributed by atoms with Crippen molar-refractivity contribution in [2.45, 2.75) is 17.9 Å². The molecule has 0 bridgehead atoms. The first-order valence-electron chi connectivity index (χ1n) is 10.8. The number of benzene rings is 3. The van der Waals surface area contributed by atoms with Crippen molar-refractivity contribution in [1.82, 2.24) is 10.1 Å². The van der Waals surface area contributed by atoms with Crippen LogP contribution in [0.3, 0.4) is 0 Å². The third-order valence-corrected chi connectivity index (χ3v) is 7.46. The zero-order chi connectivity index (χ0) is 24.4. The van der Waals surface area contributed by atoms with Crippen LogP contribution in [0.5, 0.6) is 5.75 Å². The summed E-state index contributed by atoms with van der Waals surface area (Å²) < 4.78 is 43.9. The molecule has 1 aliphatic heterocycles. The van der Waals surface area contributed by atoms with Gasteiger partial charge in [-0.05, 0) is 36.2 Å². The van der Waals surface area contributed by atoms with Crippen molar-refractivity contribution in [3.8, 4) is 17.1 Å². The molecule has 178 valence electrons. The van der Waals surface area contributed by atoms with E-state index in [1.165, 1.54) is 29.6 Å². The standard InChI is InChI=1S/C25H21N3O6S/c1-32-22-12-11-19(35(30,31)28-14-13-17-7-5-6-10-21(17)28)15-20(22)25(29)33-16-23-26-24(27-34-23)18-8-3-2-4-9-18/h2-12,15H,13-14,16H2,1H3. The van der Waals surface area contributed by atoms with E-state index in [1.807, 2.05) is 42.5 Å². The first kappa shape index (κ1) is 22.6. The van der Waals surface area contributed by atoms with E-state index >= 15 is 0 Å². The second-order valence-electron chi connectivity index (χ2n) is 7.77. The highest BCUT2D eigenvalue weighted by atomic mass is 32.2. The summed E-state index contributed by atoms with van der Waals surface area (Å²) in [5, 5.41) is 3.89. The number of hydrogen-bond acceptors (Lipinski definition) is 8. The van der Waals surface area contributed by atoms with E-state index in [9.17, 15) is 13.2 Å². The number of sulfonamides is 1. The molecule has 0 amide bonds. The van der Waals surface area contributed by atoms with Crippen molar-refractivity contribution in [1.29, 1.82) is 0 Å². The number of nitrogens with zero attached hydrogens (tertiary/aromatic N) is 3. The molecule has 4 aromatic rings. The number of carbonyl (C=O) groups is 1. The quantitative estimate of drug-likeness (QED) is 0.358. The molecule has 3 aromatic carbocycles. The van der Waals surface area contributed by atoms with Crippen LogP contribution in [0.1, 0.15) is 21.8 Å². The van der Waals surface area contributed by atoms with E-state index in [0.717, 1.165) is 11.1 Å². The number of anilines is 1. The van der Waals surface area contributed by atoms with Gasteiger partial charge in [0.25, 0.3) is 15.9 Å². The van der Waals surface area contributed by atoms with Crippen molar-refractivity contribution >= 4 is 21.7 Å². The average Bonchev–Trinajstić information content (AvgIpc) is 3.55. The third-order valence-electron chi connectivity index (χ3n) is 5.65. The van der Waals surface area contributed by atoms with Crippen molar-refractivity contribution in [2.24, 2.45) is 0 Å². The summed E-state index contributed by atoms with van der Waals surface area (Å²) in [5.74, 6) is -0.117. The van der Waals surface area contributed by atoms with E-state index in [0.29, 0.717) is 24.5 Å². The number of para-hydroxylation sites is 1. The van der Waals surface area contributed by atoms with Crippen LogP contribution in [0.15, 0.2) is 82.2 Å². The molecule has 5 rings (SSSR count). The fourth-order valence-corrected chi connectivity index (χ4v) is 5.44. The molecule has 0 unspecified atom stereocenters. The molecular formula is C25H21N3O6S. The highest BCUT2D eigenvalue weighted by molar-refractivity contribution is 7.92. The van der Waals surface area contributed by atoms with Gasteiger partial charge in [-0.2, -0.15) is 4.98 Å². The van der Waals surface area contributed by atoms with Gasteiger partial charge >= 0.3 is 5.97 Å². The predicted molar refractivity (Wildman–Crippen MR) is 127 cm³/mol. The highest BCUT2D eigenvalue weighted by Crippen LogP contribution is 2.34. The Morgan fingerprint density at radius 2 is 1.83 bits per heavy atom. The largest absolute Gasteiger partial charge is 0.496 e. The van der Waals surface area contributed by atoms with Crippen LogP contribution in [-0.4, -0.2) is 38.2 Å². The molecule has 1 aromatic heterocycles. The maximum atomic E-state index is 13.4.